The van der Waals surface area contributed by atoms with Crippen LogP contribution in [-0.2, 0) is 6.42 Å². The van der Waals surface area contributed by atoms with E-state index in [0.29, 0.717) is 6.54 Å². The third kappa shape index (κ3) is 4.84. The molecular formula is C16H28N2O. The van der Waals surface area contributed by atoms with Crippen LogP contribution in [0, 0.1) is 19.3 Å². The van der Waals surface area contributed by atoms with Crippen LogP contribution in [0.2, 0.25) is 0 Å². The number of nitrogens with two attached hydrogens (primary N) is 1. The Hall–Kier alpha value is -1.06. The number of hydrogen-bond donors (Lipinski definition) is 2. The Balaban J connectivity index is 2.51. The molecule has 0 aromatic heterocycles. The summed E-state index contributed by atoms with van der Waals surface area (Å²) >= 11 is 0. The number of methoxy groups -OCH3 is 1. The van der Waals surface area contributed by atoms with Gasteiger partial charge >= 0.3 is 0 Å². The second kappa shape index (κ2) is 6.92. The zero-order valence-corrected chi connectivity index (χ0v) is 13.0. The molecule has 0 saturated heterocycles. The Bertz CT molecular complexity index is 390. The van der Waals surface area contributed by atoms with E-state index in [0.717, 1.165) is 25.3 Å². The van der Waals surface area contributed by atoms with Gasteiger partial charge in [-0.1, -0.05) is 26.0 Å². The molecule has 1 rings (SSSR count). The van der Waals surface area contributed by atoms with Crippen molar-refractivity contribution in [1.29, 1.82) is 0 Å². The zero-order chi connectivity index (χ0) is 14.5. The van der Waals surface area contributed by atoms with E-state index >= 15 is 0 Å². The normalized spacial score (nSPS) is 11.7. The van der Waals surface area contributed by atoms with Gasteiger partial charge in [-0.2, -0.15) is 0 Å². The summed E-state index contributed by atoms with van der Waals surface area (Å²) in [4.78, 5) is 0. The monoisotopic (exact) mass is 264 g/mol. The maximum atomic E-state index is 5.72. The number of rotatable bonds is 7. The van der Waals surface area contributed by atoms with Crippen LogP contribution in [0.5, 0.6) is 5.75 Å². The lowest BCUT2D eigenvalue weighted by Gasteiger charge is -2.22. The minimum absolute atomic E-state index is 0.172. The largest absolute Gasteiger partial charge is 0.496 e. The topological polar surface area (TPSA) is 47.3 Å². The predicted molar refractivity (Wildman–Crippen MR) is 81.9 cm³/mol. The van der Waals surface area contributed by atoms with Crippen molar-refractivity contribution in [2.75, 3.05) is 26.7 Å². The molecule has 108 valence electrons. The minimum Gasteiger partial charge on any atom is -0.496 e. The van der Waals surface area contributed by atoms with Crippen LogP contribution in [-0.4, -0.2) is 26.7 Å². The third-order valence-corrected chi connectivity index (χ3v) is 3.47. The highest BCUT2D eigenvalue weighted by Crippen LogP contribution is 2.24. The van der Waals surface area contributed by atoms with Gasteiger partial charge in [0.15, 0.2) is 0 Å². The first-order chi connectivity index (χ1) is 8.89. The molecule has 1 aromatic rings. The lowest BCUT2D eigenvalue weighted by Crippen LogP contribution is -2.36. The third-order valence-electron chi connectivity index (χ3n) is 3.47. The highest BCUT2D eigenvalue weighted by Gasteiger charge is 2.14. The van der Waals surface area contributed by atoms with Crippen LogP contribution < -0.4 is 15.8 Å². The van der Waals surface area contributed by atoms with Gasteiger partial charge in [-0.3, -0.25) is 0 Å². The van der Waals surface area contributed by atoms with Gasteiger partial charge in [0.2, 0.25) is 0 Å². The van der Waals surface area contributed by atoms with Crippen molar-refractivity contribution < 1.29 is 4.74 Å². The Morgan fingerprint density at radius 3 is 2.26 bits per heavy atom. The van der Waals surface area contributed by atoms with E-state index in [1.54, 1.807) is 7.11 Å². The van der Waals surface area contributed by atoms with E-state index in [4.69, 9.17) is 10.5 Å². The Kier molecular flexibility index (Phi) is 5.83. The van der Waals surface area contributed by atoms with Crippen LogP contribution in [0.3, 0.4) is 0 Å². The average Bonchev–Trinajstić information content (AvgIpc) is 2.34. The number of hydrogen-bond acceptors (Lipinski definition) is 3. The summed E-state index contributed by atoms with van der Waals surface area (Å²) in [6, 6.07) is 4.42. The van der Waals surface area contributed by atoms with Gasteiger partial charge in [0, 0.05) is 6.54 Å². The summed E-state index contributed by atoms with van der Waals surface area (Å²) in [5.74, 6) is 1.00. The number of aryl methyl sites for hydroxylation is 2. The van der Waals surface area contributed by atoms with Gasteiger partial charge in [0.05, 0.1) is 7.11 Å². The first-order valence-electron chi connectivity index (χ1n) is 6.94. The van der Waals surface area contributed by atoms with E-state index < -0.39 is 0 Å². The van der Waals surface area contributed by atoms with Crippen molar-refractivity contribution in [3.05, 3.63) is 28.8 Å². The van der Waals surface area contributed by atoms with Gasteiger partial charge in [-0.15, -0.1) is 0 Å². The maximum Gasteiger partial charge on any atom is 0.124 e. The molecule has 1 aromatic carbocycles. The molecule has 0 aliphatic carbocycles. The zero-order valence-electron chi connectivity index (χ0n) is 13.0. The minimum atomic E-state index is 0.172. The van der Waals surface area contributed by atoms with Crippen molar-refractivity contribution in [2.45, 2.75) is 34.1 Å². The highest BCUT2D eigenvalue weighted by molar-refractivity contribution is 5.43. The van der Waals surface area contributed by atoms with Gasteiger partial charge < -0.3 is 15.8 Å². The maximum absolute atomic E-state index is 5.72. The molecule has 3 N–H and O–H groups in total. The van der Waals surface area contributed by atoms with E-state index in [1.165, 1.54) is 16.7 Å². The van der Waals surface area contributed by atoms with Crippen molar-refractivity contribution in [2.24, 2.45) is 11.1 Å². The standard InChI is InChI=1S/C16H28N2O/c1-12-8-14(9-13(2)15(12)19-5)6-7-18-11-16(3,4)10-17/h8-9,18H,6-7,10-11,17H2,1-5H3. The van der Waals surface area contributed by atoms with E-state index in [2.05, 4.69) is 45.1 Å². The summed E-state index contributed by atoms with van der Waals surface area (Å²) in [5.41, 5.74) is 9.66. The fourth-order valence-corrected chi connectivity index (χ4v) is 2.24. The Labute approximate surface area is 117 Å². The summed E-state index contributed by atoms with van der Waals surface area (Å²) < 4.78 is 5.39. The first-order valence-corrected chi connectivity index (χ1v) is 6.94. The summed E-state index contributed by atoms with van der Waals surface area (Å²) in [6.45, 7) is 11.2. The molecule has 0 atom stereocenters. The SMILES string of the molecule is COc1c(C)cc(CCNCC(C)(C)CN)cc1C. The van der Waals surface area contributed by atoms with E-state index in [-0.39, 0.29) is 5.41 Å². The predicted octanol–water partition coefficient (Wildman–Crippen LogP) is 2.43. The average molecular weight is 264 g/mol. The lowest BCUT2D eigenvalue weighted by molar-refractivity contribution is 0.353. The number of ether oxygens (including phenoxy) is 1. The van der Waals surface area contributed by atoms with Crippen molar-refractivity contribution >= 4 is 0 Å². The van der Waals surface area contributed by atoms with Crippen molar-refractivity contribution in [3.63, 3.8) is 0 Å². The smallest absolute Gasteiger partial charge is 0.124 e. The van der Waals surface area contributed by atoms with Gasteiger partial charge in [0.1, 0.15) is 5.75 Å². The Morgan fingerprint density at radius 2 is 1.79 bits per heavy atom. The number of benzene rings is 1. The molecule has 0 radical (unpaired) electrons. The molecule has 0 unspecified atom stereocenters. The van der Waals surface area contributed by atoms with Crippen LogP contribution in [0.15, 0.2) is 12.1 Å². The molecule has 0 saturated carbocycles. The fraction of sp³-hybridized carbons (Fsp3) is 0.625. The molecule has 0 heterocycles. The summed E-state index contributed by atoms with van der Waals surface area (Å²) in [6.07, 6.45) is 1.03. The molecule has 0 aliphatic heterocycles. The van der Waals surface area contributed by atoms with Gasteiger partial charge in [-0.25, -0.2) is 0 Å². The molecule has 3 heteroatoms. The van der Waals surface area contributed by atoms with Crippen molar-refractivity contribution in [1.82, 2.24) is 5.32 Å². The molecule has 0 spiro atoms. The van der Waals surface area contributed by atoms with Crippen LogP contribution in [0.4, 0.5) is 0 Å². The van der Waals surface area contributed by atoms with E-state index in [1.807, 2.05) is 0 Å². The Morgan fingerprint density at radius 1 is 1.21 bits per heavy atom. The molecule has 0 bridgehead atoms. The van der Waals surface area contributed by atoms with Crippen LogP contribution in [0.25, 0.3) is 0 Å². The highest BCUT2D eigenvalue weighted by atomic mass is 16.5. The molecular weight excluding hydrogens is 236 g/mol. The van der Waals surface area contributed by atoms with Crippen LogP contribution >= 0.6 is 0 Å². The van der Waals surface area contributed by atoms with Crippen molar-refractivity contribution in [3.8, 4) is 5.75 Å². The summed E-state index contributed by atoms with van der Waals surface area (Å²) in [5, 5.41) is 3.48. The molecule has 3 nitrogen and oxygen atoms in total. The molecule has 0 aliphatic rings. The second-order valence-corrected chi connectivity index (χ2v) is 6.06. The first kappa shape index (κ1) is 16.0. The van der Waals surface area contributed by atoms with Gasteiger partial charge in [-0.05, 0) is 55.5 Å². The van der Waals surface area contributed by atoms with Crippen LogP contribution in [0.1, 0.15) is 30.5 Å². The molecule has 0 fully saturated rings. The lowest BCUT2D eigenvalue weighted by atomic mass is 9.94. The number of nitrogens with one attached hydrogen (secondary N) is 1. The molecule has 19 heavy (non-hydrogen) atoms. The summed E-state index contributed by atoms with van der Waals surface area (Å²) in [7, 11) is 1.73. The van der Waals surface area contributed by atoms with Gasteiger partial charge in [0.25, 0.3) is 0 Å². The second-order valence-electron chi connectivity index (χ2n) is 6.06. The quantitative estimate of drug-likeness (QED) is 0.744. The fourth-order valence-electron chi connectivity index (χ4n) is 2.24. The molecule has 0 amide bonds. The van der Waals surface area contributed by atoms with E-state index in [9.17, 15) is 0 Å².